The third-order valence-electron chi connectivity index (χ3n) is 12.4. The van der Waals surface area contributed by atoms with E-state index in [2.05, 4.69) is 152 Å². The first-order valence-corrected chi connectivity index (χ1v) is 20.2. The molecule has 3 heteroatoms. The molecule has 10 aromatic rings. The van der Waals surface area contributed by atoms with Gasteiger partial charge in [0.1, 0.15) is 0 Å². The zero-order valence-electron chi connectivity index (χ0n) is 32.0. The summed E-state index contributed by atoms with van der Waals surface area (Å²) in [6.45, 7) is 0. The molecule has 3 nitrogen and oxygen atoms in total. The maximum atomic E-state index is 4.93. The first-order valence-electron chi connectivity index (χ1n) is 20.2. The van der Waals surface area contributed by atoms with Crippen LogP contribution >= 0.6 is 0 Å². The molecule has 2 aliphatic rings. The molecule has 274 valence electrons. The molecule has 0 amide bonds. The smallest absolute Gasteiger partial charge is 0.164 e. The summed E-state index contributed by atoms with van der Waals surface area (Å²) in [7, 11) is 0. The minimum atomic E-state index is -0.434. The van der Waals surface area contributed by atoms with Crippen molar-refractivity contribution in [3.8, 4) is 78.7 Å². The predicted molar refractivity (Wildman–Crippen MR) is 241 cm³/mol. The molecule has 0 saturated heterocycles. The van der Waals surface area contributed by atoms with E-state index in [1.165, 1.54) is 66.4 Å². The van der Waals surface area contributed by atoms with Crippen molar-refractivity contribution in [1.29, 1.82) is 0 Å². The van der Waals surface area contributed by atoms with Crippen molar-refractivity contribution < 1.29 is 0 Å². The molecule has 0 saturated carbocycles. The van der Waals surface area contributed by atoms with E-state index < -0.39 is 5.41 Å². The molecule has 0 N–H and O–H groups in total. The molecule has 59 heavy (non-hydrogen) atoms. The second-order valence-corrected chi connectivity index (χ2v) is 15.5. The molecule has 2 aliphatic carbocycles. The second-order valence-electron chi connectivity index (χ2n) is 15.5. The van der Waals surface area contributed by atoms with Gasteiger partial charge in [0.15, 0.2) is 17.5 Å². The Morgan fingerprint density at radius 3 is 1.20 bits per heavy atom. The van der Waals surface area contributed by atoms with Crippen molar-refractivity contribution in [2.75, 3.05) is 0 Å². The highest BCUT2D eigenvalue weighted by molar-refractivity contribution is 6.07. The summed E-state index contributed by atoms with van der Waals surface area (Å²) in [5, 5.41) is 2.63. The van der Waals surface area contributed by atoms with Gasteiger partial charge in [0.25, 0.3) is 0 Å². The van der Waals surface area contributed by atoms with Gasteiger partial charge in [-0.3, -0.25) is 0 Å². The molecule has 0 aliphatic heterocycles. The highest BCUT2D eigenvalue weighted by atomic mass is 15.0. The van der Waals surface area contributed by atoms with Gasteiger partial charge >= 0.3 is 0 Å². The Kier molecular flexibility index (Phi) is 7.45. The minimum absolute atomic E-state index is 0.434. The van der Waals surface area contributed by atoms with Crippen LogP contribution in [0.4, 0.5) is 0 Å². The van der Waals surface area contributed by atoms with Crippen LogP contribution in [0.15, 0.2) is 212 Å². The third-order valence-corrected chi connectivity index (χ3v) is 12.4. The standard InChI is InChI=1S/C56H35N3/c1-3-13-40(14-4-1)53-57-54(41-15-5-2-6-16-41)59-55(58-53)42-31-29-37(30-32-42)36-25-27-38(28-26-36)43-33-34-46-47-21-11-17-39-18-12-24-50(52(39)47)56(51(46)35-43)48-22-9-7-19-44(48)45-20-8-10-23-49(45)56/h1-35H. The zero-order chi connectivity index (χ0) is 38.9. The number of fused-ring (bicyclic) bond motifs is 9. The molecule has 1 aromatic heterocycles. The molecule has 0 atom stereocenters. The highest BCUT2D eigenvalue weighted by Crippen LogP contribution is 2.62. The van der Waals surface area contributed by atoms with E-state index in [-0.39, 0.29) is 0 Å². The van der Waals surface area contributed by atoms with Crippen LogP contribution in [0.2, 0.25) is 0 Å². The summed E-state index contributed by atoms with van der Waals surface area (Å²) in [5.74, 6) is 1.96. The van der Waals surface area contributed by atoms with Gasteiger partial charge in [-0.25, -0.2) is 15.0 Å². The summed E-state index contributed by atoms with van der Waals surface area (Å²) >= 11 is 0. The maximum Gasteiger partial charge on any atom is 0.164 e. The lowest BCUT2D eigenvalue weighted by molar-refractivity contribution is 0.774. The van der Waals surface area contributed by atoms with Gasteiger partial charge in [-0.15, -0.1) is 0 Å². The second kappa shape index (κ2) is 13.2. The van der Waals surface area contributed by atoms with E-state index in [0.717, 1.165) is 27.8 Å². The van der Waals surface area contributed by atoms with Crippen molar-refractivity contribution in [3.63, 3.8) is 0 Å². The molecular formula is C56H35N3. The van der Waals surface area contributed by atoms with E-state index in [1.54, 1.807) is 0 Å². The summed E-state index contributed by atoms with van der Waals surface area (Å²) in [6.07, 6.45) is 0. The number of aromatic nitrogens is 3. The summed E-state index contributed by atoms with van der Waals surface area (Å²) < 4.78 is 0. The van der Waals surface area contributed by atoms with Gasteiger partial charge in [-0.2, -0.15) is 0 Å². The summed E-state index contributed by atoms with van der Waals surface area (Å²) in [4.78, 5) is 14.7. The quantitative estimate of drug-likeness (QED) is 0.176. The molecule has 0 radical (unpaired) electrons. The molecule has 1 heterocycles. The van der Waals surface area contributed by atoms with E-state index in [0.29, 0.717) is 17.5 Å². The topological polar surface area (TPSA) is 38.7 Å². The first-order chi connectivity index (χ1) is 29.2. The fourth-order valence-corrected chi connectivity index (χ4v) is 9.71. The maximum absolute atomic E-state index is 4.93. The van der Waals surface area contributed by atoms with Gasteiger partial charge in [0, 0.05) is 16.7 Å². The zero-order valence-corrected chi connectivity index (χ0v) is 32.0. The van der Waals surface area contributed by atoms with Crippen molar-refractivity contribution in [3.05, 3.63) is 235 Å². The fraction of sp³-hybridized carbons (Fsp3) is 0.0179. The van der Waals surface area contributed by atoms with Crippen molar-refractivity contribution in [2.45, 2.75) is 5.41 Å². The SMILES string of the molecule is c1ccc(-c2nc(-c3ccccc3)nc(-c3ccc(-c4ccc(-c5ccc6c(c5)C5(c7ccccc7-c7ccccc75)c5cccc7cccc-6c57)cc4)cc3)n2)cc1. The van der Waals surface area contributed by atoms with Crippen LogP contribution in [0.25, 0.3) is 89.4 Å². The Bertz CT molecular complexity index is 3130. The van der Waals surface area contributed by atoms with Gasteiger partial charge < -0.3 is 0 Å². The lowest BCUT2D eigenvalue weighted by Crippen LogP contribution is -2.31. The molecule has 12 rings (SSSR count). The Balaban J connectivity index is 0.933. The van der Waals surface area contributed by atoms with Crippen LogP contribution in [0, 0.1) is 0 Å². The van der Waals surface area contributed by atoms with Crippen LogP contribution in [0.5, 0.6) is 0 Å². The molecule has 1 spiro atoms. The predicted octanol–water partition coefficient (Wildman–Crippen LogP) is 13.7. The van der Waals surface area contributed by atoms with Gasteiger partial charge in [-0.05, 0) is 83.6 Å². The van der Waals surface area contributed by atoms with Crippen molar-refractivity contribution >= 4 is 10.8 Å². The number of benzene rings is 9. The number of rotatable bonds is 5. The van der Waals surface area contributed by atoms with E-state index >= 15 is 0 Å². The van der Waals surface area contributed by atoms with Gasteiger partial charge in [0.2, 0.25) is 0 Å². The van der Waals surface area contributed by atoms with Crippen LogP contribution < -0.4 is 0 Å². The van der Waals surface area contributed by atoms with Gasteiger partial charge in [0.05, 0.1) is 5.41 Å². The molecule has 0 fully saturated rings. The fourth-order valence-electron chi connectivity index (χ4n) is 9.71. The number of hydrogen-bond donors (Lipinski definition) is 0. The molecular weight excluding hydrogens is 715 g/mol. The summed E-state index contributed by atoms with van der Waals surface area (Å²) in [5.41, 5.74) is 17.7. The molecule has 0 unspecified atom stereocenters. The highest BCUT2D eigenvalue weighted by Gasteiger charge is 2.50. The van der Waals surface area contributed by atoms with Crippen LogP contribution in [0.3, 0.4) is 0 Å². The van der Waals surface area contributed by atoms with Crippen LogP contribution in [-0.2, 0) is 5.41 Å². The number of nitrogens with zero attached hydrogens (tertiary/aromatic N) is 3. The third kappa shape index (κ3) is 5.11. The van der Waals surface area contributed by atoms with E-state index in [4.69, 9.17) is 15.0 Å². The molecule has 0 bridgehead atoms. The molecule has 9 aromatic carbocycles. The van der Waals surface area contributed by atoms with Gasteiger partial charge in [-0.1, -0.05) is 206 Å². The lowest BCUT2D eigenvalue weighted by atomic mass is 9.61. The van der Waals surface area contributed by atoms with E-state index in [9.17, 15) is 0 Å². The lowest BCUT2D eigenvalue weighted by Gasteiger charge is -2.40. The van der Waals surface area contributed by atoms with Crippen molar-refractivity contribution in [2.24, 2.45) is 0 Å². The Labute approximate surface area is 343 Å². The average Bonchev–Trinajstić information content (AvgIpc) is 3.62. The Morgan fingerprint density at radius 2 is 0.644 bits per heavy atom. The average molecular weight is 750 g/mol. The van der Waals surface area contributed by atoms with E-state index in [1.807, 2.05) is 60.7 Å². The van der Waals surface area contributed by atoms with Crippen LogP contribution in [-0.4, -0.2) is 15.0 Å². The Morgan fingerprint density at radius 1 is 0.254 bits per heavy atom. The summed E-state index contributed by atoms with van der Waals surface area (Å²) in [6, 6.07) is 76.5. The monoisotopic (exact) mass is 749 g/mol. The number of hydrogen-bond acceptors (Lipinski definition) is 3. The Hall–Kier alpha value is -7.75. The first kappa shape index (κ1) is 33.4. The largest absolute Gasteiger partial charge is 0.208 e. The normalized spacial score (nSPS) is 12.9. The van der Waals surface area contributed by atoms with Crippen molar-refractivity contribution in [1.82, 2.24) is 15.0 Å². The minimum Gasteiger partial charge on any atom is -0.208 e. The van der Waals surface area contributed by atoms with Crippen LogP contribution in [0.1, 0.15) is 22.3 Å².